The van der Waals surface area contributed by atoms with Crippen molar-refractivity contribution in [3.05, 3.63) is 113 Å². The Bertz CT molecular complexity index is 1130. The predicted octanol–water partition coefficient (Wildman–Crippen LogP) is 4.80. The van der Waals surface area contributed by atoms with E-state index in [0.717, 1.165) is 16.7 Å². The highest BCUT2D eigenvalue weighted by Gasteiger charge is 2.32. The highest BCUT2D eigenvalue weighted by atomic mass is 32.1. The second kappa shape index (κ2) is 10.1. The van der Waals surface area contributed by atoms with Gasteiger partial charge in [0.25, 0.3) is 0 Å². The molecule has 0 fully saturated rings. The molecular weight excluding hydrogens is 420 g/mol. The molecule has 0 saturated heterocycles. The second-order valence-corrected chi connectivity index (χ2v) is 7.85. The number of nitrogens with one attached hydrogen (secondary N) is 2. The molecule has 1 aliphatic rings. The molecule has 32 heavy (non-hydrogen) atoms. The third-order valence-corrected chi connectivity index (χ3v) is 5.39. The largest absolute Gasteiger partial charge is 0.489 e. The molecule has 4 rings (SSSR count). The molecule has 0 aliphatic carbocycles. The van der Waals surface area contributed by atoms with Crippen molar-refractivity contribution in [2.24, 2.45) is 0 Å². The van der Waals surface area contributed by atoms with Gasteiger partial charge in [-0.25, -0.2) is 4.79 Å². The molecule has 6 heteroatoms. The molecule has 0 spiro atoms. The summed E-state index contributed by atoms with van der Waals surface area (Å²) >= 11 is 5.38. The maximum atomic E-state index is 13.1. The number of para-hydroxylation sites is 1. The van der Waals surface area contributed by atoms with Gasteiger partial charge in [0.1, 0.15) is 19.0 Å². The van der Waals surface area contributed by atoms with Crippen LogP contribution in [-0.2, 0) is 22.7 Å². The molecule has 0 saturated carbocycles. The van der Waals surface area contributed by atoms with Crippen LogP contribution in [0.25, 0.3) is 0 Å². The molecule has 0 radical (unpaired) electrons. The molecule has 1 aliphatic heterocycles. The van der Waals surface area contributed by atoms with Gasteiger partial charge in [-0.2, -0.15) is 0 Å². The number of hydrogen-bond donors (Lipinski definition) is 2. The molecular formula is C26H24N2O3S. The van der Waals surface area contributed by atoms with Gasteiger partial charge in [-0.3, -0.25) is 0 Å². The number of carbonyl (C=O) groups is 1. The first-order chi connectivity index (χ1) is 15.6. The molecule has 0 bridgehead atoms. The lowest BCUT2D eigenvalue weighted by Crippen LogP contribution is -2.45. The summed E-state index contributed by atoms with van der Waals surface area (Å²) in [7, 11) is 0. The zero-order valence-corrected chi connectivity index (χ0v) is 18.5. The zero-order chi connectivity index (χ0) is 22.3. The first-order valence-corrected chi connectivity index (χ1v) is 10.8. The van der Waals surface area contributed by atoms with Gasteiger partial charge >= 0.3 is 5.97 Å². The Balaban J connectivity index is 1.58. The Kier molecular flexibility index (Phi) is 6.82. The molecule has 0 unspecified atom stereocenters. The average molecular weight is 445 g/mol. The first kappa shape index (κ1) is 21.6. The summed E-state index contributed by atoms with van der Waals surface area (Å²) in [6.07, 6.45) is 0. The van der Waals surface area contributed by atoms with Crippen molar-refractivity contribution in [1.82, 2.24) is 10.6 Å². The van der Waals surface area contributed by atoms with Crippen LogP contribution in [0.4, 0.5) is 0 Å². The first-order valence-electron chi connectivity index (χ1n) is 10.4. The number of thiocarbonyl (C=S) groups is 1. The zero-order valence-electron chi connectivity index (χ0n) is 17.7. The van der Waals surface area contributed by atoms with Crippen LogP contribution in [0.1, 0.15) is 29.7 Å². The lowest BCUT2D eigenvalue weighted by Gasteiger charge is -2.30. The van der Waals surface area contributed by atoms with Gasteiger partial charge in [-0.1, -0.05) is 78.9 Å². The molecule has 0 amide bonds. The van der Waals surface area contributed by atoms with Gasteiger partial charge in [0.2, 0.25) is 0 Å². The fraction of sp³-hybridized carbons (Fsp3) is 0.154. The number of esters is 1. The predicted molar refractivity (Wildman–Crippen MR) is 128 cm³/mol. The van der Waals surface area contributed by atoms with E-state index in [0.29, 0.717) is 28.7 Å². The number of rotatable bonds is 7. The highest BCUT2D eigenvalue weighted by molar-refractivity contribution is 7.80. The molecule has 162 valence electrons. The van der Waals surface area contributed by atoms with Crippen molar-refractivity contribution in [2.45, 2.75) is 26.2 Å². The number of carbonyl (C=O) groups excluding carboxylic acids is 1. The van der Waals surface area contributed by atoms with Crippen molar-refractivity contribution in [3.63, 3.8) is 0 Å². The normalized spacial score (nSPS) is 15.5. The van der Waals surface area contributed by atoms with Gasteiger partial charge in [0.05, 0.1) is 11.6 Å². The van der Waals surface area contributed by atoms with Crippen LogP contribution in [0, 0.1) is 0 Å². The molecule has 2 N–H and O–H groups in total. The molecule has 5 nitrogen and oxygen atoms in total. The van der Waals surface area contributed by atoms with E-state index in [9.17, 15) is 4.79 Å². The van der Waals surface area contributed by atoms with E-state index in [4.69, 9.17) is 21.7 Å². The number of hydrogen-bond acceptors (Lipinski definition) is 4. The molecule has 3 aromatic rings. The summed E-state index contributed by atoms with van der Waals surface area (Å²) in [5, 5.41) is 6.71. The lowest BCUT2D eigenvalue weighted by atomic mass is 9.95. The number of allylic oxidation sites excluding steroid dienone is 1. The third kappa shape index (κ3) is 5.15. The minimum Gasteiger partial charge on any atom is -0.489 e. The number of ether oxygens (including phenoxy) is 2. The van der Waals surface area contributed by atoms with Crippen molar-refractivity contribution < 1.29 is 14.3 Å². The van der Waals surface area contributed by atoms with E-state index in [-0.39, 0.29) is 6.61 Å². The summed E-state index contributed by atoms with van der Waals surface area (Å²) in [6, 6.07) is 26.7. The van der Waals surface area contributed by atoms with Crippen LogP contribution in [0.3, 0.4) is 0 Å². The van der Waals surface area contributed by atoms with Crippen LogP contribution in [0.2, 0.25) is 0 Å². The average Bonchev–Trinajstić information content (AvgIpc) is 2.82. The second-order valence-electron chi connectivity index (χ2n) is 7.44. The van der Waals surface area contributed by atoms with E-state index < -0.39 is 12.0 Å². The number of benzene rings is 3. The topological polar surface area (TPSA) is 59.6 Å². The fourth-order valence-electron chi connectivity index (χ4n) is 3.58. The van der Waals surface area contributed by atoms with E-state index in [2.05, 4.69) is 10.6 Å². The SMILES string of the molecule is CC1=C(C(=O)OCc2ccccc2)[C@@H](c2ccccc2OCc2ccccc2)NC(=S)N1. The van der Waals surface area contributed by atoms with Crippen molar-refractivity contribution >= 4 is 23.3 Å². The summed E-state index contributed by atoms with van der Waals surface area (Å²) < 4.78 is 11.8. The fourth-order valence-corrected chi connectivity index (χ4v) is 3.86. The Morgan fingerprint density at radius 3 is 2.16 bits per heavy atom. The molecule has 3 aromatic carbocycles. The maximum Gasteiger partial charge on any atom is 0.338 e. The molecule has 0 aromatic heterocycles. The van der Waals surface area contributed by atoms with E-state index in [1.165, 1.54) is 0 Å². The van der Waals surface area contributed by atoms with Gasteiger partial charge in [0, 0.05) is 11.3 Å². The third-order valence-electron chi connectivity index (χ3n) is 5.17. The van der Waals surface area contributed by atoms with Crippen LogP contribution in [-0.4, -0.2) is 11.1 Å². The van der Waals surface area contributed by atoms with Crippen LogP contribution in [0.15, 0.2) is 96.2 Å². The summed E-state index contributed by atoms with van der Waals surface area (Å²) in [5.74, 6) is 0.274. The van der Waals surface area contributed by atoms with Gasteiger partial charge in [-0.05, 0) is 36.3 Å². The van der Waals surface area contributed by atoms with E-state index in [1.807, 2.05) is 91.9 Å². The maximum absolute atomic E-state index is 13.1. The minimum absolute atomic E-state index is 0.194. The van der Waals surface area contributed by atoms with Gasteiger partial charge in [-0.15, -0.1) is 0 Å². The summed E-state index contributed by atoms with van der Waals surface area (Å²) in [5.41, 5.74) is 3.94. The van der Waals surface area contributed by atoms with E-state index in [1.54, 1.807) is 0 Å². The van der Waals surface area contributed by atoms with Crippen LogP contribution in [0.5, 0.6) is 5.75 Å². The Labute approximate surface area is 193 Å². The van der Waals surface area contributed by atoms with Crippen LogP contribution < -0.4 is 15.4 Å². The van der Waals surface area contributed by atoms with Gasteiger partial charge in [0.15, 0.2) is 5.11 Å². The Morgan fingerprint density at radius 1 is 0.875 bits per heavy atom. The molecule has 1 heterocycles. The quantitative estimate of drug-likeness (QED) is 0.403. The van der Waals surface area contributed by atoms with E-state index >= 15 is 0 Å². The molecule has 1 atom stereocenters. The Hall–Kier alpha value is -3.64. The summed E-state index contributed by atoms with van der Waals surface area (Å²) in [6.45, 7) is 2.44. The Morgan fingerprint density at radius 2 is 1.47 bits per heavy atom. The van der Waals surface area contributed by atoms with Crippen molar-refractivity contribution in [3.8, 4) is 5.75 Å². The minimum atomic E-state index is -0.487. The lowest BCUT2D eigenvalue weighted by molar-refractivity contribution is -0.140. The smallest absolute Gasteiger partial charge is 0.338 e. The van der Waals surface area contributed by atoms with Crippen molar-refractivity contribution in [2.75, 3.05) is 0 Å². The van der Waals surface area contributed by atoms with Crippen molar-refractivity contribution in [1.29, 1.82) is 0 Å². The highest BCUT2D eigenvalue weighted by Crippen LogP contribution is 2.34. The standard InChI is InChI=1S/C26H24N2O3S/c1-18-23(25(29)31-17-20-12-6-3-7-13-20)24(28-26(32)27-18)21-14-8-9-15-22(21)30-16-19-10-4-2-5-11-19/h2-15,24H,16-17H2,1H3,(H2,27,28,32)/t24-/m1/s1. The monoisotopic (exact) mass is 444 g/mol. The van der Waals surface area contributed by atoms with Gasteiger partial charge < -0.3 is 20.1 Å². The van der Waals surface area contributed by atoms with Crippen LogP contribution >= 0.6 is 12.2 Å². The summed E-state index contributed by atoms with van der Waals surface area (Å²) in [4.78, 5) is 13.1.